The van der Waals surface area contributed by atoms with Gasteiger partial charge < -0.3 is 10.0 Å². The fourth-order valence-corrected chi connectivity index (χ4v) is 4.41. The first kappa shape index (κ1) is 17.2. The van der Waals surface area contributed by atoms with Crippen molar-refractivity contribution >= 4 is 5.91 Å². The van der Waals surface area contributed by atoms with Crippen LogP contribution >= 0.6 is 0 Å². The highest BCUT2D eigenvalue weighted by Crippen LogP contribution is 2.40. The summed E-state index contributed by atoms with van der Waals surface area (Å²) in [6.45, 7) is 1.24. The van der Waals surface area contributed by atoms with E-state index >= 15 is 0 Å². The van der Waals surface area contributed by atoms with Crippen LogP contribution in [0.1, 0.15) is 42.5 Å². The molecular weight excluding hydrogens is 329 g/mol. The van der Waals surface area contributed by atoms with E-state index in [4.69, 9.17) is 0 Å². The second-order valence-electron chi connectivity index (χ2n) is 7.64. The standard InChI is InChI=1S/C22H24FNO2/c23-20-9-7-16(8-10-20)17-4-3-5-18(14-17)21(25)24-13-12-22(26)11-2-1-6-19(22)15-24/h3-5,7-10,14,19,26H,1-2,6,11-13,15H2/t19-,22-/m0/s1. The number of aliphatic hydroxyl groups is 1. The molecule has 1 N–H and O–H groups in total. The maximum atomic E-state index is 13.1. The van der Waals surface area contributed by atoms with Crippen LogP contribution in [0.4, 0.5) is 4.39 Å². The van der Waals surface area contributed by atoms with Gasteiger partial charge in [0.1, 0.15) is 5.82 Å². The first-order valence-corrected chi connectivity index (χ1v) is 9.43. The van der Waals surface area contributed by atoms with E-state index in [0.29, 0.717) is 25.1 Å². The molecule has 0 bridgehead atoms. The molecule has 136 valence electrons. The van der Waals surface area contributed by atoms with Gasteiger partial charge in [-0.3, -0.25) is 4.79 Å². The second kappa shape index (κ2) is 6.84. The van der Waals surface area contributed by atoms with Crippen molar-refractivity contribution in [1.82, 2.24) is 4.90 Å². The van der Waals surface area contributed by atoms with Gasteiger partial charge in [-0.15, -0.1) is 0 Å². The number of fused-ring (bicyclic) bond motifs is 1. The number of hydrogen-bond donors (Lipinski definition) is 1. The zero-order chi connectivity index (χ0) is 18.1. The van der Waals surface area contributed by atoms with E-state index in [1.807, 2.05) is 29.2 Å². The second-order valence-corrected chi connectivity index (χ2v) is 7.64. The van der Waals surface area contributed by atoms with Crippen molar-refractivity contribution in [2.75, 3.05) is 13.1 Å². The van der Waals surface area contributed by atoms with Gasteiger partial charge in [0.15, 0.2) is 0 Å². The Morgan fingerprint density at radius 3 is 2.69 bits per heavy atom. The van der Waals surface area contributed by atoms with Gasteiger partial charge in [0.05, 0.1) is 5.60 Å². The highest BCUT2D eigenvalue weighted by atomic mass is 19.1. The first-order valence-electron chi connectivity index (χ1n) is 9.43. The summed E-state index contributed by atoms with van der Waals surface area (Å²) in [5.41, 5.74) is 1.86. The van der Waals surface area contributed by atoms with E-state index in [1.54, 1.807) is 12.1 Å². The highest BCUT2D eigenvalue weighted by Gasteiger charge is 2.43. The number of likely N-dealkylation sites (tertiary alicyclic amines) is 1. The molecule has 2 atom stereocenters. The summed E-state index contributed by atoms with van der Waals surface area (Å²) in [7, 11) is 0. The van der Waals surface area contributed by atoms with Crippen molar-refractivity contribution in [3.8, 4) is 11.1 Å². The number of amides is 1. The molecule has 2 aliphatic rings. The lowest BCUT2D eigenvalue weighted by atomic mass is 9.71. The summed E-state index contributed by atoms with van der Waals surface area (Å²) in [5.74, 6) is -0.0647. The molecule has 1 amide bonds. The Balaban J connectivity index is 1.53. The highest BCUT2D eigenvalue weighted by molar-refractivity contribution is 5.95. The van der Waals surface area contributed by atoms with Crippen LogP contribution < -0.4 is 0 Å². The van der Waals surface area contributed by atoms with E-state index in [9.17, 15) is 14.3 Å². The third kappa shape index (κ3) is 3.26. The number of carbonyl (C=O) groups excluding carboxylic acids is 1. The molecule has 3 nitrogen and oxygen atoms in total. The minimum absolute atomic E-state index is 0.0154. The van der Waals surface area contributed by atoms with Gasteiger partial charge >= 0.3 is 0 Å². The maximum absolute atomic E-state index is 13.1. The summed E-state index contributed by atoms with van der Waals surface area (Å²) < 4.78 is 13.1. The van der Waals surface area contributed by atoms with Crippen LogP contribution in [0.5, 0.6) is 0 Å². The molecule has 4 rings (SSSR count). The third-order valence-corrected chi connectivity index (χ3v) is 6.00. The van der Waals surface area contributed by atoms with E-state index in [1.165, 1.54) is 12.1 Å². The fraction of sp³-hybridized carbons (Fsp3) is 0.409. The molecule has 1 heterocycles. The Kier molecular flexibility index (Phi) is 4.53. The zero-order valence-electron chi connectivity index (χ0n) is 14.8. The number of benzene rings is 2. The molecule has 0 radical (unpaired) electrons. The Morgan fingerprint density at radius 2 is 1.88 bits per heavy atom. The summed E-state index contributed by atoms with van der Waals surface area (Å²) in [6.07, 6.45) is 4.74. The number of nitrogens with zero attached hydrogens (tertiary/aromatic N) is 1. The average Bonchev–Trinajstić information content (AvgIpc) is 2.67. The smallest absolute Gasteiger partial charge is 0.253 e. The Labute approximate surface area is 153 Å². The first-order chi connectivity index (χ1) is 12.5. The fourth-order valence-electron chi connectivity index (χ4n) is 4.41. The average molecular weight is 353 g/mol. The van der Waals surface area contributed by atoms with E-state index in [0.717, 1.165) is 36.8 Å². The lowest BCUT2D eigenvalue weighted by molar-refractivity contribution is -0.0886. The monoisotopic (exact) mass is 353 g/mol. The lowest BCUT2D eigenvalue weighted by Crippen LogP contribution is -2.54. The minimum Gasteiger partial charge on any atom is -0.389 e. The molecule has 1 aliphatic heterocycles. The number of piperidine rings is 1. The molecule has 2 fully saturated rings. The zero-order valence-corrected chi connectivity index (χ0v) is 14.8. The quantitative estimate of drug-likeness (QED) is 0.876. The third-order valence-electron chi connectivity index (χ3n) is 6.00. The Bertz CT molecular complexity index is 804. The van der Waals surface area contributed by atoms with Crippen LogP contribution in [0.2, 0.25) is 0 Å². The van der Waals surface area contributed by atoms with Gasteiger partial charge in [-0.05, 0) is 54.7 Å². The molecule has 26 heavy (non-hydrogen) atoms. The van der Waals surface area contributed by atoms with Crippen molar-refractivity contribution in [2.45, 2.75) is 37.7 Å². The number of hydrogen-bond acceptors (Lipinski definition) is 2. The molecule has 1 saturated heterocycles. The molecule has 2 aromatic rings. The molecule has 4 heteroatoms. The molecule has 0 spiro atoms. The predicted molar refractivity (Wildman–Crippen MR) is 99.3 cm³/mol. The SMILES string of the molecule is O=C(c1cccc(-c2ccc(F)cc2)c1)N1CC[C@@]2(O)CCCC[C@H]2C1. The minimum atomic E-state index is -0.578. The van der Waals surface area contributed by atoms with Crippen LogP contribution in [0.15, 0.2) is 48.5 Å². The van der Waals surface area contributed by atoms with Gasteiger partial charge in [0.2, 0.25) is 0 Å². The van der Waals surface area contributed by atoms with Crippen LogP contribution in [-0.2, 0) is 0 Å². The van der Waals surface area contributed by atoms with E-state index < -0.39 is 5.60 Å². The van der Waals surface area contributed by atoms with Gasteiger partial charge in [-0.1, -0.05) is 37.1 Å². The predicted octanol–water partition coefficient (Wildman–Crippen LogP) is 4.26. The summed E-state index contributed by atoms with van der Waals surface area (Å²) in [4.78, 5) is 14.9. The van der Waals surface area contributed by atoms with E-state index in [2.05, 4.69) is 0 Å². The largest absolute Gasteiger partial charge is 0.389 e. The lowest BCUT2D eigenvalue weighted by Gasteiger charge is -2.47. The normalized spacial score (nSPS) is 25.6. The van der Waals surface area contributed by atoms with Crippen molar-refractivity contribution in [3.05, 3.63) is 59.9 Å². The van der Waals surface area contributed by atoms with Gasteiger partial charge in [-0.2, -0.15) is 0 Å². The van der Waals surface area contributed by atoms with Gasteiger partial charge in [0.25, 0.3) is 5.91 Å². The van der Waals surface area contributed by atoms with Crippen molar-refractivity contribution in [2.24, 2.45) is 5.92 Å². The number of rotatable bonds is 2. The van der Waals surface area contributed by atoms with Gasteiger partial charge in [0, 0.05) is 24.6 Å². The van der Waals surface area contributed by atoms with Crippen molar-refractivity contribution < 1.29 is 14.3 Å². The molecule has 1 saturated carbocycles. The maximum Gasteiger partial charge on any atom is 0.253 e. The number of halogens is 1. The summed E-state index contributed by atoms with van der Waals surface area (Å²) >= 11 is 0. The van der Waals surface area contributed by atoms with Crippen LogP contribution in [0, 0.1) is 11.7 Å². The summed E-state index contributed by atoms with van der Waals surface area (Å²) in [6, 6.07) is 13.8. The van der Waals surface area contributed by atoms with E-state index in [-0.39, 0.29) is 17.6 Å². The van der Waals surface area contributed by atoms with Gasteiger partial charge in [-0.25, -0.2) is 4.39 Å². The molecule has 1 aliphatic carbocycles. The molecule has 0 aromatic heterocycles. The Hall–Kier alpha value is -2.20. The van der Waals surface area contributed by atoms with Crippen molar-refractivity contribution in [3.63, 3.8) is 0 Å². The topological polar surface area (TPSA) is 40.5 Å². The molecule has 2 aromatic carbocycles. The van der Waals surface area contributed by atoms with Crippen LogP contribution in [-0.4, -0.2) is 34.6 Å². The Morgan fingerprint density at radius 1 is 1.08 bits per heavy atom. The number of carbonyl (C=O) groups is 1. The molecule has 0 unspecified atom stereocenters. The molecular formula is C22H24FNO2. The summed E-state index contributed by atoms with van der Waals surface area (Å²) in [5, 5.41) is 10.8. The van der Waals surface area contributed by atoms with Crippen LogP contribution in [0.3, 0.4) is 0 Å². The van der Waals surface area contributed by atoms with Crippen LogP contribution in [0.25, 0.3) is 11.1 Å². The van der Waals surface area contributed by atoms with Crippen molar-refractivity contribution in [1.29, 1.82) is 0 Å².